The van der Waals surface area contributed by atoms with Crippen LogP contribution in [0.15, 0.2) is 349 Å². The molecule has 0 aliphatic rings. The van der Waals surface area contributed by atoms with Crippen molar-refractivity contribution in [2.45, 2.75) is 0 Å². The summed E-state index contributed by atoms with van der Waals surface area (Å²) in [6.07, 6.45) is 0. The maximum Gasteiger partial charge on any atom is 0.160 e. The lowest BCUT2D eigenvalue weighted by molar-refractivity contribution is 0.668. The molecule has 0 spiro atoms. The van der Waals surface area contributed by atoms with Gasteiger partial charge in [0.05, 0.1) is 11.4 Å². The van der Waals surface area contributed by atoms with Gasteiger partial charge in [0.15, 0.2) is 11.2 Å². The Morgan fingerprint density at radius 3 is 0.716 bits per heavy atom. The van der Waals surface area contributed by atoms with Gasteiger partial charge in [0.25, 0.3) is 0 Å². The lowest BCUT2D eigenvalue weighted by Gasteiger charge is -2.27. The van der Waals surface area contributed by atoms with Crippen molar-refractivity contribution >= 4 is 123 Å². The molecule has 88 heavy (non-hydrogen) atoms. The van der Waals surface area contributed by atoms with Gasteiger partial charge in [0.1, 0.15) is 11.2 Å². The number of nitrogens with zero attached hydrogens (tertiary/aromatic N) is 4. The van der Waals surface area contributed by atoms with E-state index in [2.05, 4.69) is 359 Å². The van der Waals surface area contributed by atoms with Gasteiger partial charge in [-0.15, -0.1) is 0 Å². The molecule has 0 aliphatic heterocycles. The van der Waals surface area contributed by atoms with Crippen LogP contribution in [-0.2, 0) is 0 Å². The number of fused-ring (bicyclic) bond motifs is 9. The Labute approximate surface area is 510 Å². The fourth-order valence-electron chi connectivity index (χ4n) is 12.7. The SMILES string of the molecule is c1ccc(-c2ccc(N(c3ccccc3)c3ccc4c(c3)oc3c(N(c5ccccc5)c5ccccc5)cc5c(cc(N(c6ccccc6)c6ccccc6)c6oc7cc(N(c8ccccc8)c8ccc(-c9ccccc9)cc8)ccc7c65)c34)cc2)cc1. The molecule has 0 atom stereocenters. The largest absolute Gasteiger partial charge is 0.454 e. The summed E-state index contributed by atoms with van der Waals surface area (Å²) in [6, 6.07) is 120. The Kier molecular flexibility index (Phi) is 13.1. The van der Waals surface area contributed by atoms with Crippen LogP contribution in [0.5, 0.6) is 0 Å². The monoisotopic (exact) mass is 1130 g/mol. The lowest BCUT2D eigenvalue weighted by atomic mass is 9.96. The molecule has 2 heterocycles. The van der Waals surface area contributed by atoms with Crippen LogP contribution in [0, 0.1) is 0 Å². The minimum Gasteiger partial charge on any atom is -0.454 e. The molecule has 0 saturated heterocycles. The van der Waals surface area contributed by atoms with Crippen molar-refractivity contribution in [3.05, 3.63) is 340 Å². The predicted octanol–water partition coefficient (Wildman–Crippen LogP) is 23.9. The zero-order chi connectivity index (χ0) is 58.3. The molecule has 0 unspecified atom stereocenters. The number of hydrogen-bond donors (Lipinski definition) is 0. The average molecular weight is 1130 g/mol. The minimum atomic E-state index is 0.758. The summed E-state index contributed by atoms with van der Waals surface area (Å²) in [6.45, 7) is 0. The highest BCUT2D eigenvalue weighted by atomic mass is 16.3. The van der Waals surface area contributed by atoms with Crippen LogP contribution in [0.3, 0.4) is 0 Å². The Balaban J connectivity index is 0.980. The fourth-order valence-corrected chi connectivity index (χ4v) is 12.7. The molecule has 416 valence electrons. The molecular formula is C82H56N4O2. The molecule has 0 saturated carbocycles. The second-order valence-electron chi connectivity index (χ2n) is 22.0. The molecule has 0 aliphatic carbocycles. The molecular weight excluding hydrogens is 1070 g/mol. The van der Waals surface area contributed by atoms with Crippen molar-refractivity contribution in [2.24, 2.45) is 0 Å². The van der Waals surface area contributed by atoms with E-state index in [0.29, 0.717) is 0 Å². The third-order valence-electron chi connectivity index (χ3n) is 16.8. The van der Waals surface area contributed by atoms with Crippen molar-refractivity contribution < 1.29 is 8.83 Å². The van der Waals surface area contributed by atoms with Gasteiger partial charge in [-0.25, -0.2) is 0 Å². The summed E-state index contributed by atoms with van der Waals surface area (Å²) in [5.41, 5.74) is 19.5. The molecule has 0 radical (unpaired) electrons. The molecule has 0 bridgehead atoms. The number of para-hydroxylation sites is 6. The highest BCUT2D eigenvalue weighted by Crippen LogP contribution is 2.53. The van der Waals surface area contributed by atoms with Crippen molar-refractivity contribution in [1.29, 1.82) is 0 Å². The average Bonchev–Trinajstić information content (AvgIpc) is 1.52. The van der Waals surface area contributed by atoms with Crippen molar-refractivity contribution in [3.63, 3.8) is 0 Å². The third kappa shape index (κ3) is 9.33. The number of anilines is 12. The van der Waals surface area contributed by atoms with E-state index in [-0.39, 0.29) is 0 Å². The first-order valence-corrected chi connectivity index (χ1v) is 29.8. The lowest BCUT2D eigenvalue weighted by Crippen LogP contribution is -2.11. The van der Waals surface area contributed by atoms with Gasteiger partial charge in [-0.3, -0.25) is 0 Å². The minimum absolute atomic E-state index is 0.758. The van der Waals surface area contributed by atoms with E-state index in [1.54, 1.807) is 0 Å². The standard InChI is InChI=1S/C82H56N4O2/c1-9-25-57(26-10-1)59-41-45-67(46-42-59)83(61-29-13-3-14-30-61)69-49-51-71-77(53-69)87-81-75(85(63-33-17-5-18-34-63)64-35-19-6-20-36-64)56-74-73(79(71)81)55-76(86(65-37-21-7-22-38-65)66-39-23-8-24-40-66)82-80(74)72-52-50-70(54-78(72)88-82)84(62-31-15-4-16-32-62)68-47-43-60(44-48-68)58-27-11-2-12-28-58/h1-56H. The number of rotatable bonds is 14. The maximum atomic E-state index is 7.55. The first kappa shape index (κ1) is 51.8. The zero-order valence-electron chi connectivity index (χ0n) is 47.9. The summed E-state index contributed by atoms with van der Waals surface area (Å²) >= 11 is 0. The number of benzene rings is 14. The van der Waals surface area contributed by atoms with Gasteiger partial charge in [0, 0.05) is 90.6 Å². The quantitative estimate of drug-likeness (QED) is 0.108. The fraction of sp³-hybridized carbons (Fsp3) is 0. The molecule has 0 N–H and O–H groups in total. The molecule has 0 amide bonds. The molecule has 6 nitrogen and oxygen atoms in total. The highest BCUT2D eigenvalue weighted by molar-refractivity contribution is 6.32. The Morgan fingerprint density at radius 2 is 0.420 bits per heavy atom. The van der Waals surface area contributed by atoms with Crippen LogP contribution in [-0.4, -0.2) is 0 Å². The van der Waals surface area contributed by atoms with E-state index < -0.39 is 0 Å². The predicted molar refractivity (Wildman–Crippen MR) is 368 cm³/mol. The Bertz CT molecular complexity index is 4700. The first-order valence-electron chi connectivity index (χ1n) is 29.8. The van der Waals surface area contributed by atoms with Crippen molar-refractivity contribution in [2.75, 3.05) is 19.6 Å². The summed E-state index contributed by atoms with van der Waals surface area (Å²) < 4.78 is 15.1. The van der Waals surface area contributed by atoms with Crippen molar-refractivity contribution in [3.8, 4) is 22.3 Å². The zero-order valence-corrected chi connectivity index (χ0v) is 47.9. The summed E-state index contributed by atoms with van der Waals surface area (Å²) in [4.78, 5) is 9.28. The molecule has 0 fully saturated rings. The molecule has 14 aromatic carbocycles. The van der Waals surface area contributed by atoms with Crippen LogP contribution in [0.4, 0.5) is 68.2 Å². The van der Waals surface area contributed by atoms with E-state index in [1.807, 2.05) is 0 Å². The Hall–Kier alpha value is -11.9. The molecule has 16 aromatic rings. The normalized spacial score (nSPS) is 11.4. The highest BCUT2D eigenvalue weighted by Gasteiger charge is 2.29. The second kappa shape index (κ2) is 22.3. The summed E-state index contributed by atoms with van der Waals surface area (Å²) in [5.74, 6) is 0. The van der Waals surface area contributed by atoms with Crippen LogP contribution < -0.4 is 19.6 Å². The van der Waals surface area contributed by atoms with E-state index >= 15 is 0 Å². The van der Waals surface area contributed by atoms with E-state index in [4.69, 9.17) is 8.83 Å². The van der Waals surface area contributed by atoms with Crippen LogP contribution in [0.1, 0.15) is 0 Å². The van der Waals surface area contributed by atoms with Gasteiger partial charge in [-0.1, -0.05) is 194 Å². The van der Waals surface area contributed by atoms with Crippen LogP contribution >= 0.6 is 0 Å². The summed E-state index contributed by atoms with van der Waals surface area (Å²) in [5, 5.41) is 6.02. The van der Waals surface area contributed by atoms with Gasteiger partial charge in [-0.2, -0.15) is 0 Å². The van der Waals surface area contributed by atoms with E-state index in [1.165, 1.54) is 11.1 Å². The third-order valence-corrected chi connectivity index (χ3v) is 16.8. The van der Waals surface area contributed by atoms with Crippen molar-refractivity contribution in [1.82, 2.24) is 0 Å². The number of furan rings is 2. The van der Waals surface area contributed by atoms with Gasteiger partial charge in [-0.05, 0) is 166 Å². The van der Waals surface area contributed by atoms with Crippen LogP contribution in [0.25, 0.3) is 76.9 Å². The summed E-state index contributed by atoms with van der Waals surface area (Å²) in [7, 11) is 0. The van der Waals surface area contributed by atoms with Gasteiger partial charge < -0.3 is 28.4 Å². The Morgan fingerprint density at radius 1 is 0.182 bits per heavy atom. The van der Waals surface area contributed by atoms with E-state index in [9.17, 15) is 0 Å². The number of hydrogen-bond acceptors (Lipinski definition) is 6. The molecule has 2 aromatic heterocycles. The van der Waals surface area contributed by atoms with Gasteiger partial charge >= 0.3 is 0 Å². The maximum absolute atomic E-state index is 7.55. The van der Waals surface area contributed by atoms with E-state index in [0.717, 1.165) is 134 Å². The second-order valence-corrected chi connectivity index (χ2v) is 22.0. The smallest absolute Gasteiger partial charge is 0.160 e. The molecule has 6 heteroatoms. The van der Waals surface area contributed by atoms with Gasteiger partial charge in [0.2, 0.25) is 0 Å². The van der Waals surface area contributed by atoms with Crippen LogP contribution in [0.2, 0.25) is 0 Å². The topological polar surface area (TPSA) is 39.2 Å². The molecule has 16 rings (SSSR count). The first-order chi connectivity index (χ1) is 43.7.